The summed E-state index contributed by atoms with van der Waals surface area (Å²) in [6.07, 6.45) is 1.47. The predicted molar refractivity (Wildman–Crippen MR) is 69.0 cm³/mol. The van der Waals surface area contributed by atoms with E-state index in [0.717, 1.165) is 5.56 Å². The molecule has 2 rings (SSSR count). The summed E-state index contributed by atoms with van der Waals surface area (Å²) < 4.78 is 11.3. The molecule has 0 atom stereocenters. The monoisotopic (exact) mass is 281 g/mol. The second-order valence-electron chi connectivity index (χ2n) is 3.81. The summed E-state index contributed by atoms with van der Waals surface area (Å²) in [5.41, 5.74) is 1.64. The van der Waals surface area contributed by atoms with E-state index < -0.39 is 5.97 Å². The van der Waals surface area contributed by atoms with Gasteiger partial charge in [-0.05, 0) is 18.6 Å². The average molecular weight is 282 g/mol. The summed E-state index contributed by atoms with van der Waals surface area (Å²) in [7, 11) is 2.82. The van der Waals surface area contributed by atoms with Crippen LogP contribution in [0.5, 0.6) is 5.75 Å². The number of methoxy groups -OCH3 is 2. The first-order valence-electron chi connectivity index (χ1n) is 5.42. The normalized spacial score (nSPS) is 10.3. The van der Waals surface area contributed by atoms with Crippen molar-refractivity contribution in [1.82, 2.24) is 15.0 Å². The quantitative estimate of drug-likeness (QED) is 0.805. The highest BCUT2D eigenvalue weighted by Crippen LogP contribution is 2.29. The predicted octanol–water partition coefficient (Wildman–Crippen LogP) is 2.02. The first kappa shape index (κ1) is 13.4. The van der Waals surface area contributed by atoms with Gasteiger partial charge in [-0.25, -0.2) is 9.48 Å². The molecule has 0 saturated heterocycles. The van der Waals surface area contributed by atoms with Crippen molar-refractivity contribution >= 4 is 17.6 Å². The molecule has 1 heterocycles. The van der Waals surface area contributed by atoms with Crippen molar-refractivity contribution in [2.24, 2.45) is 0 Å². The van der Waals surface area contributed by atoms with Crippen LogP contribution in [0.15, 0.2) is 18.3 Å². The maximum absolute atomic E-state index is 11.3. The van der Waals surface area contributed by atoms with Crippen molar-refractivity contribution < 1.29 is 14.3 Å². The number of aryl methyl sites for hydroxylation is 1. The second-order valence-corrected chi connectivity index (χ2v) is 4.22. The molecule has 0 spiro atoms. The van der Waals surface area contributed by atoms with E-state index in [0.29, 0.717) is 16.5 Å². The number of carbonyl (C=O) groups excluding carboxylic acids is 1. The molecule has 1 aromatic carbocycles. The van der Waals surface area contributed by atoms with Crippen LogP contribution in [-0.4, -0.2) is 35.2 Å². The molecule has 0 radical (unpaired) electrons. The van der Waals surface area contributed by atoms with Crippen molar-refractivity contribution in [2.75, 3.05) is 14.2 Å². The minimum atomic E-state index is -0.545. The molecular formula is C12H12ClN3O3. The molecule has 0 amide bonds. The Morgan fingerprint density at radius 1 is 1.37 bits per heavy atom. The van der Waals surface area contributed by atoms with Gasteiger partial charge in [0.25, 0.3) is 0 Å². The number of nitrogens with zero attached hydrogens (tertiary/aromatic N) is 3. The van der Waals surface area contributed by atoms with Gasteiger partial charge in [0, 0.05) is 11.1 Å². The Kier molecular flexibility index (Phi) is 3.71. The van der Waals surface area contributed by atoms with Gasteiger partial charge in [0.1, 0.15) is 11.4 Å². The lowest BCUT2D eigenvalue weighted by Crippen LogP contribution is -2.01. The third-order valence-corrected chi connectivity index (χ3v) is 3.00. The molecule has 0 aliphatic heterocycles. The van der Waals surface area contributed by atoms with E-state index in [2.05, 4.69) is 15.0 Å². The Balaban J connectivity index is 2.49. The topological polar surface area (TPSA) is 66.2 Å². The molecule has 6 nitrogen and oxygen atoms in total. The summed E-state index contributed by atoms with van der Waals surface area (Å²) in [4.78, 5) is 11.3. The number of benzene rings is 1. The van der Waals surface area contributed by atoms with Gasteiger partial charge in [0.2, 0.25) is 0 Å². The molecule has 0 saturated carbocycles. The van der Waals surface area contributed by atoms with Crippen molar-refractivity contribution in [3.63, 3.8) is 0 Å². The van der Waals surface area contributed by atoms with Crippen LogP contribution in [0.1, 0.15) is 16.1 Å². The second kappa shape index (κ2) is 5.27. The first-order chi connectivity index (χ1) is 9.06. The van der Waals surface area contributed by atoms with Crippen LogP contribution in [0.4, 0.5) is 0 Å². The maximum Gasteiger partial charge on any atom is 0.360 e. The Labute approximate surface area is 114 Å². The first-order valence-corrected chi connectivity index (χ1v) is 5.79. The van der Waals surface area contributed by atoms with Crippen molar-refractivity contribution in [1.29, 1.82) is 0 Å². The molecule has 0 aliphatic rings. The molecule has 19 heavy (non-hydrogen) atoms. The molecular weight excluding hydrogens is 270 g/mol. The molecule has 0 unspecified atom stereocenters. The van der Waals surface area contributed by atoms with E-state index in [9.17, 15) is 4.79 Å². The number of halogens is 1. The van der Waals surface area contributed by atoms with Crippen LogP contribution in [0.2, 0.25) is 5.02 Å². The molecule has 0 bridgehead atoms. The summed E-state index contributed by atoms with van der Waals surface area (Å²) in [5.74, 6) is -0.00665. The number of hydrogen-bond acceptors (Lipinski definition) is 5. The number of esters is 1. The SMILES string of the molecule is COC(=O)c1cn(-c2cc(C)c(Cl)cc2OC)nn1. The molecule has 1 aromatic heterocycles. The van der Waals surface area contributed by atoms with Crippen molar-refractivity contribution in [3.05, 3.63) is 34.6 Å². The summed E-state index contributed by atoms with van der Waals surface area (Å²) in [5, 5.41) is 8.21. The number of hydrogen-bond donors (Lipinski definition) is 0. The van der Waals surface area contributed by atoms with Crippen LogP contribution >= 0.6 is 11.6 Å². The van der Waals surface area contributed by atoms with E-state index in [4.69, 9.17) is 16.3 Å². The van der Waals surface area contributed by atoms with Crippen molar-refractivity contribution in [3.8, 4) is 11.4 Å². The lowest BCUT2D eigenvalue weighted by molar-refractivity contribution is 0.0594. The Morgan fingerprint density at radius 3 is 2.74 bits per heavy atom. The lowest BCUT2D eigenvalue weighted by Gasteiger charge is -2.09. The smallest absolute Gasteiger partial charge is 0.360 e. The summed E-state index contributed by atoms with van der Waals surface area (Å²) in [6, 6.07) is 3.49. The molecule has 0 aliphatic carbocycles. The third-order valence-electron chi connectivity index (χ3n) is 2.59. The lowest BCUT2D eigenvalue weighted by atomic mass is 10.2. The number of carbonyl (C=O) groups is 1. The van der Waals surface area contributed by atoms with Crippen LogP contribution in [0.25, 0.3) is 5.69 Å². The number of rotatable bonds is 3. The molecule has 7 heteroatoms. The van der Waals surface area contributed by atoms with E-state index in [-0.39, 0.29) is 5.69 Å². The van der Waals surface area contributed by atoms with E-state index in [1.807, 2.05) is 6.92 Å². The molecule has 100 valence electrons. The van der Waals surface area contributed by atoms with Gasteiger partial charge in [0.15, 0.2) is 5.69 Å². The summed E-state index contributed by atoms with van der Waals surface area (Å²) in [6.45, 7) is 1.86. The molecule has 2 aromatic rings. The largest absolute Gasteiger partial charge is 0.494 e. The van der Waals surface area contributed by atoms with Gasteiger partial charge in [-0.3, -0.25) is 0 Å². The zero-order valence-electron chi connectivity index (χ0n) is 10.7. The van der Waals surface area contributed by atoms with Crippen molar-refractivity contribution in [2.45, 2.75) is 6.92 Å². The van der Waals surface area contributed by atoms with Gasteiger partial charge < -0.3 is 9.47 Å². The minimum Gasteiger partial charge on any atom is -0.494 e. The van der Waals surface area contributed by atoms with E-state index >= 15 is 0 Å². The Bertz CT molecular complexity index is 625. The van der Waals surface area contributed by atoms with Gasteiger partial charge in [-0.2, -0.15) is 0 Å². The fourth-order valence-electron chi connectivity index (χ4n) is 1.57. The highest BCUT2D eigenvalue weighted by molar-refractivity contribution is 6.31. The Hall–Kier alpha value is -2.08. The summed E-state index contributed by atoms with van der Waals surface area (Å²) >= 11 is 6.03. The van der Waals surface area contributed by atoms with Gasteiger partial charge in [-0.1, -0.05) is 16.8 Å². The third kappa shape index (κ3) is 2.53. The highest BCUT2D eigenvalue weighted by Gasteiger charge is 2.15. The fraction of sp³-hybridized carbons (Fsp3) is 0.250. The zero-order valence-corrected chi connectivity index (χ0v) is 11.4. The van der Waals surface area contributed by atoms with E-state index in [1.165, 1.54) is 25.1 Å². The average Bonchev–Trinajstić information content (AvgIpc) is 2.90. The Morgan fingerprint density at radius 2 is 2.11 bits per heavy atom. The maximum atomic E-state index is 11.3. The fourth-order valence-corrected chi connectivity index (χ4v) is 1.72. The van der Waals surface area contributed by atoms with Gasteiger partial charge in [0.05, 0.1) is 20.4 Å². The zero-order chi connectivity index (χ0) is 14.0. The molecule has 0 N–H and O–H groups in total. The minimum absolute atomic E-state index is 0.122. The van der Waals surface area contributed by atoms with E-state index in [1.54, 1.807) is 12.1 Å². The van der Waals surface area contributed by atoms with Crippen LogP contribution in [0.3, 0.4) is 0 Å². The molecule has 0 fully saturated rings. The standard InChI is InChI=1S/C12H12ClN3O3/c1-7-4-10(11(18-2)5-8(7)13)16-6-9(14-15-16)12(17)19-3/h4-6H,1-3H3. The van der Waals surface area contributed by atoms with Crippen LogP contribution in [-0.2, 0) is 4.74 Å². The van der Waals surface area contributed by atoms with Gasteiger partial charge in [-0.15, -0.1) is 5.10 Å². The van der Waals surface area contributed by atoms with Gasteiger partial charge >= 0.3 is 5.97 Å². The number of aromatic nitrogens is 3. The van der Waals surface area contributed by atoms with Crippen LogP contribution in [0, 0.1) is 6.92 Å². The number of ether oxygens (including phenoxy) is 2. The highest BCUT2D eigenvalue weighted by atomic mass is 35.5. The van der Waals surface area contributed by atoms with Crippen LogP contribution < -0.4 is 4.74 Å².